The van der Waals surface area contributed by atoms with E-state index in [1.54, 1.807) is 31.2 Å². The zero-order valence-electron chi connectivity index (χ0n) is 12.6. The first-order valence-electron chi connectivity index (χ1n) is 7.15. The molecule has 122 valence electrons. The molecule has 6 nitrogen and oxygen atoms in total. The fourth-order valence-corrected chi connectivity index (χ4v) is 2.48. The Morgan fingerprint density at radius 2 is 2.00 bits per heavy atom. The number of hydrogen-bond donors (Lipinski definition) is 1. The molecule has 1 N–H and O–H groups in total. The average Bonchev–Trinajstić information content (AvgIpc) is 3.04. The van der Waals surface area contributed by atoms with E-state index in [1.165, 1.54) is 4.80 Å². The smallest absolute Gasteiger partial charge is 0.250 e. The maximum absolute atomic E-state index is 12.3. The summed E-state index contributed by atoms with van der Waals surface area (Å²) in [7, 11) is 0. The van der Waals surface area contributed by atoms with Crippen LogP contribution in [0, 0.1) is 0 Å². The highest BCUT2D eigenvalue weighted by Gasteiger charge is 2.19. The lowest BCUT2D eigenvalue weighted by molar-refractivity contribution is -0.119. The van der Waals surface area contributed by atoms with Gasteiger partial charge in [-0.1, -0.05) is 33.6 Å². The summed E-state index contributed by atoms with van der Waals surface area (Å²) in [6, 6.07) is 13.9. The molecule has 0 bridgehead atoms. The van der Waals surface area contributed by atoms with Crippen LogP contribution in [0.2, 0.25) is 5.02 Å². The first-order valence-corrected chi connectivity index (χ1v) is 8.32. The summed E-state index contributed by atoms with van der Waals surface area (Å²) in [5.41, 5.74) is 1.44. The Bertz CT molecular complexity index is 865. The highest BCUT2D eigenvalue weighted by atomic mass is 79.9. The third-order valence-electron chi connectivity index (χ3n) is 3.35. The van der Waals surface area contributed by atoms with E-state index >= 15 is 0 Å². The Hall–Kier alpha value is -2.25. The van der Waals surface area contributed by atoms with Crippen molar-refractivity contribution in [3.05, 3.63) is 58.0 Å². The van der Waals surface area contributed by atoms with Crippen LogP contribution in [0.1, 0.15) is 13.0 Å². The summed E-state index contributed by atoms with van der Waals surface area (Å²) in [5.74, 6) is 0.210. The fraction of sp³-hybridized carbons (Fsp3) is 0.125. The van der Waals surface area contributed by atoms with Crippen molar-refractivity contribution in [1.82, 2.24) is 20.2 Å². The number of amides is 1. The van der Waals surface area contributed by atoms with Gasteiger partial charge in [0.25, 0.3) is 5.91 Å². The standard InChI is InChI=1S/C16H13BrClN5O/c1-10(16(24)19-14-4-2-3-13(18)9-14)23-21-15(20-22-23)11-5-7-12(17)8-6-11/h2-10H,1H3,(H,19,24)/t10-/m1/s1. The zero-order chi connectivity index (χ0) is 17.1. The van der Waals surface area contributed by atoms with E-state index in [0.29, 0.717) is 16.5 Å². The molecule has 0 aliphatic heterocycles. The molecule has 0 unspecified atom stereocenters. The van der Waals surface area contributed by atoms with Gasteiger partial charge in [-0.25, -0.2) is 0 Å². The van der Waals surface area contributed by atoms with Crippen LogP contribution in [0.4, 0.5) is 5.69 Å². The van der Waals surface area contributed by atoms with E-state index in [-0.39, 0.29) is 5.91 Å². The SMILES string of the molecule is C[C@H](C(=O)Nc1cccc(Cl)c1)n1nnc(-c2ccc(Br)cc2)n1. The van der Waals surface area contributed by atoms with E-state index in [2.05, 4.69) is 36.7 Å². The predicted molar refractivity (Wildman–Crippen MR) is 95.7 cm³/mol. The molecule has 0 aliphatic carbocycles. The summed E-state index contributed by atoms with van der Waals surface area (Å²) >= 11 is 9.29. The number of benzene rings is 2. The van der Waals surface area contributed by atoms with E-state index in [1.807, 2.05) is 24.3 Å². The van der Waals surface area contributed by atoms with Crippen LogP contribution in [-0.2, 0) is 4.79 Å². The molecular formula is C16H13BrClN5O. The van der Waals surface area contributed by atoms with E-state index < -0.39 is 6.04 Å². The van der Waals surface area contributed by atoms with Crippen LogP contribution < -0.4 is 5.32 Å². The van der Waals surface area contributed by atoms with Gasteiger partial charge in [0.1, 0.15) is 6.04 Å². The topological polar surface area (TPSA) is 72.7 Å². The number of rotatable bonds is 4. The molecule has 0 fully saturated rings. The average molecular weight is 407 g/mol. The van der Waals surface area contributed by atoms with Gasteiger partial charge in [-0.3, -0.25) is 4.79 Å². The Kier molecular flexibility index (Phi) is 4.92. The van der Waals surface area contributed by atoms with Crippen molar-refractivity contribution in [1.29, 1.82) is 0 Å². The van der Waals surface area contributed by atoms with E-state index in [0.717, 1.165) is 10.0 Å². The maximum atomic E-state index is 12.3. The summed E-state index contributed by atoms with van der Waals surface area (Å²) < 4.78 is 0.966. The Balaban J connectivity index is 1.74. The van der Waals surface area contributed by atoms with Gasteiger partial charge >= 0.3 is 0 Å². The van der Waals surface area contributed by atoms with Crippen LogP contribution >= 0.6 is 27.5 Å². The summed E-state index contributed by atoms with van der Waals surface area (Å²) in [6.45, 7) is 1.70. The van der Waals surface area contributed by atoms with Gasteiger partial charge in [-0.05, 0) is 54.6 Å². The lowest BCUT2D eigenvalue weighted by Gasteiger charge is -2.10. The van der Waals surface area contributed by atoms with Crippen molar-refractivity contribution in [3.8, 4) is 11.4 Å². The molecule has 3 aromatic rings. The molecule has 24 heavy (non-hydrogen) atoms. The minimum atomic E-state index is -0.610. The Morgan fingerprint density at radius 3 is 2.71 bits per heavy atom. The van der Waals surface area contributed by atoms with Crippen molar-refractivity contribution >= 4 is 39.1 Å². The first-order chi connectivity index (χ1) is 11.5. The fourth-order valence-electron chi connectivity index (χ4n) is 2.02. The number of nitrogens with zero attached hydrogens (tertiary/aromatic N) is 4. The molecule has 8 heteroatoms. The van der Waals surface area contributed by atoms with Gasteiger partial charge in [0, 0.05) is 20.7 Å². The largest absolute Gasteiger partial charge is 0.324 e. The second-order valence-corrected chi connectivity index (χ2v) is 6.47. The monoisotopic (exact) mass is 405 g/mol. The van der Waals surface area contributed by atoms with Gasteiger partial charge < -0.3 is 5.32 Å². The molecule has 0 saturated heterocycles. The van der Waals surface area contributed by atoms with Crippen molar-refractivity contribution < 1.29 is 4.79 Å². The lowest BCUT2D eigenvalue weighted by Crippen LogP contribution is -2.25. The van der Waals surface area contributed by atoms with Crippen molar-refractivity contribution in [3.63, 3.8) is 0 Å². The summed E-state index contributed by atoms with van der Waals surface area (Å²) in [6.07, 6.45) is 0. The molecule has 1 atom stereocenters. The Labute approximate surface area is 152 Å². The number of tetrazole rings is 1. The lowest BCUT2D eigenvalue weighted by atomic mass is 10.2. The summed E-state index contributed by atoms with van der Waals surface area (Å²) in [5, 5.41) is 15.6. The summed E-state index contributed by atoms with van der Waals surface area (Å²) in [4.78, 5) is 13.6. The molecule has 0 spiro atoms. The highest BCUT2D eigenvalue weighted by Crippen LogP contribution is 2.19. The third-order valence-corrected chi connectivity index (χ3v) is 4.11. The number of carbonyl (C=O) groups excluding carboxylic acids is 1. The number of nitrogens with one attached hydrogen (secondary N) is 1. The molecule has 0 saturated carbocycles. The Morgan fingerprint density at radius 1 is 1.25 bits per heavy atom. The second-order valence-electron chi connectivity index (χ2n) is 5.12. The van der Waals surface area contributed by atoms with Gasteiger partial charge in [0.2, 0.25) is 5.82 Å². The van der Waals surface area contributed by atoms with Gasteiger partial charge in [-0.2, -0.15) is 4.80 Å². The molecule has 3 rings (SSSR count). The zero-order valence-corrected chi connectivity index (χ0v) is 15.0. The van der Waals surface area contributed by atoms with Gasteiger partial charge in [0.05, 0.1) is 0 Å². The predicted octanol–water partition coefficient (Wildman–Crippen LogP) is 3.96. The van der Waals surface area contributed by atoms with E-state index in [9.17, 15) is 4.79 Å². The number of anilines is 1. The maximum Gasteiger partial charge on any atom is 0.250 e. The second kappa shape index (κ2) is 7.11. The number of hydrogen-bond acceptors (Lipinski definition) is 4. The van der Waals surface area contributed by atoms with Crippen molar-refractivity contribution in [2.24, 2.45) is 0 Å². The number of halogens is 2. The quantitative estimate of drug-likeness (QED) is 0.712. The van der Waals surface area contributed by atoms with Crippen LogP contribution in [0.25, 0.3) is 11.4 Å². The van der Waals surface area contributed by atoms with Gasteiger partial charge in [-0.15, -0.1) is 10.2 Å². The van der Waals surface area contributed by atoms with Crippen LogP contribution in [0.5, 0.6) is 0 Å². The number of aromatic nitrogens is 4. The van der Waals surface area contributed by atoms with Crippen LogP contribution in [-0.4, -0.2) is 26.1 Å². The highest BCUT2D eigenvalue weighted by molar-refractivity contribution is 9.10. The first kappa shape index (κ1) is 16.6. The third kappa shape index (κ3) is 3.80. The van der Waals surface area contributed by atoms with Crippen LogP contribution in [0.3, 0.4) is 0 Å². The van der Waals surface area contributed by atoms with E-state index in [4.69, 9.17) is 11.6 Å². The molecule has 1 aromatic heterocycles. The minimum absolute atomic E-state index is 0.253. The molecule has 1 amide bonds. The number of carbonyl (C=O) groups is 1. The van der Waals surface area contributed by atoms with Gasteiger partial charge in [0.15, 0.2) is 0 Å². The molecule has 1 heterocycles. The molecule has 0 aliphatic rings. The van der Waals surface area contributed by atoms with Crippen molar-refractivity contribution in [2.45, 2.75) is 13.0 Å². The normalized spacial score (nSPS) is 12.0. The molecule has 0 radical (unpaired) electrons. The van der Waals surface area contributed by atoms with Crippen LogP contribution in [0.15, 0.2) is 53.0 Å². The van der Waals surface area contributed by atoms with Crippen molar-refractivity contribution in [2.75, 3.05) is 5.32 Å². The molecule has 2 aromatic carbocycles. The molecular weight excluding hydrogens is 394 g/mol. The minimum Gasteiger partial charge on any atom is -0.324 e.